The molecule has 0 unspecified atom stereocenters. The average molecular weight is 450 g/mol. The van der Waals surface area contributed by atoms with Crippen LogP contribution in [-0.2, 0) is 0 Å². The van der Waals surface area contributed by atoms with E-state index >= 15 is 0 Å². The molecule has 1 aromatic heterocycles. The predicted octanol–water partition coefficient (Wildman–Crippen LogP) is 6.32. The zero-order chi connectivity index (χ0) is 20.4. The first-order valence-electron chi connectivity index (χ1n) is 8.80. The summed E-state index contributed by atoms with van der Waals surface area (Å²) in [4.78, 5) is 14.9. The van der Waals surface area contributed by atoms with E-state index < -0.39 is 4.92 Å². The number of benzene rings is 3. The summed E-state index contributed by atoms with van der Waals surface area (Å²) < 4.78 is 6.28. The third-order valence-corrected chi connectivity index (χ3v) is 5.40. The number of ether oxygens (including phenoxy) is 1. The van der Waals surface area contributed by atoms with Crippen molar-refractivity contribution < 1.29 is 9.66 Å². The van der Waals surface area contributed by atoms with Crippen molar-refractivity contribution in [3.8, 4) is 16.9 Å². The second kappa shape index (κ2) is 7.89. The number of methoxy groups -OCH3 is 1. The summed E-state index contributed by atoms with van der Waals surface area (Å²) in [6.07, 6.45) is 1.52. The molecule has 0 fully saturated rings. The molecule has 0 aliphatic heterocycles. The van der Waals surface area contributed by atoms with Gasteiger partial charge in [-0.2, -0.15) is 0 Å². The molecule has 144 valence electrons. The number of nitro groups is 1. The fraction of sp³-hybridized carbons (Fsp3) is 0.0455. The first-order valence-corrected chi connectivity index (χ1v) is 9.59. The molecule has 7 heteroatoms. The van der Waals surface area contributed by atoms with Crippen molar-refractivity contribution in [2.75, 3.05) is 12.4 Å². The van der Waals surface area contributed by atoms with Gasteiger partial charge in [0.15, 0.2) is 0 Å². The second-order valence-electron chi connectivity index (χ2n) is 6.35. The smallest absolute Gasteiger partial charge is 0.311 e. The van der Waals surface area contributed by atoms with Crippen LogP contribution in [-0.4, -0.2) is 17.0 Å². The molecule has 0 aliphatic carbocycles. The molecule has 6 nitrogen and oxygen atoms in total. The van der Waals surface area contributed by atoms with Crippen molar-refractivity contribution in [3.05, 3.63) is 87.5 Å². The van der Waals surface area contributed by atoms with Gasteiger partial charge in [-0.3, -0.25) is 10.1 Å². The van der Waals surface area contributed by atoms with Crippen LogP contribution in [0.4, 0.5) is 17.2 Å². The minimum absolute atomic E-state index is 0.0672. The zero-order valence-electron chi connectivity index (χ0n) is 15.4. The molecule has 4 aromatic rings. The summed E-state index contributed by atoms with van der Waals surface area (Å²) in [6, 6.07) is 20.8. The van der Waals surface area contributed by atoms with E-state index in [1.807, 2.05) is 48.5 Å². The summed E-state index contributed by atoms with van der Waals surface area (Å²) in [5.74, 6) is 0.998. The largest absolute Gasteiger partial charge is 0.496 e. The minimum atomic E-state index is -0.450. The summed E-state index contributed by atoms with van der Waals surface area (Å²) >= 11 is 3.59. The van der Waals surface area contributed by atoms with E-state index in [1.54, 1.807) is 13.2 Å². The van der Waals surface area contributed by atoms with Crippen LogP contribution in [0.15, 0.2) is 77.4 Å². The maximum absolute atomic E-state index is 11.2. The molecular formula is C22H16BrN3O3. The lowest BCUT2D eigenvalue weighted by Gasteiger charge is -2.11. The fourth-order valence-corrected chi connectivity index (χ4v) is 3.82. The average Bonchev–Trinajstić information content (AvgIpc) is 2.74. The summed E-state index contributed by atoms with van der Waals surface area (Å²) in [5, 5.41) is 16.4. The molecular weight excluding hydrogens is 434 g/mol. The normalized spacial score (nSPS) is 10.7. The molecule has 0 saturated heterocycles. The highest BCUT2D eigenvalue weighted by Crippen LogP contribution is 2.35. The fourth-order valence-electron chi connectivity index (χ4n) is 3.16. The van der Waals surface area contributed by atoms with Gasteiger partial charge in [-0.1, -0.05) is 30.3 Å². The molecule has 29 heavy (non-hydrogen) atoms. The van der Waals surface area contributed by atoms with Crippen molar-refractivity contribution in [1.29, 1.82) is 0 Å². The monoisotopic (exact) mass is 449 g/mol. The highest BCUT2D eigenvalue weighted by atomic mass is 79.9. The highest BCUT2D eigenvalue weighted by molar-refractivity contribution is 9.10. The Hall–Kier alpha value is -3.45. The maximum atomic E-state index is 11.2. The lowest BCUT2D eigenvalue weighted by Crippen LogP contribution is -1.99. The molecule has 0 amide bonds. The number of hydrogen-bond acceptors (Lipinski definition) is 5. The first-order chi connectivity index (χ1) is 14.1. The summed E-state index contributed by atoms with van der Waals surface area (Å²) in [6.45, 7) is 0. The number of halogens is 1. The van der Waals surface area contributed by atoms with Crippen LogP contribution in [0.1, 0.15) is 0 Å². The Labute approximate surface area is 175 Å². The predicted molar refractivity (Wildman–Crippen MR) is 118 cm³/mol. The molecule has 0 aliphatic rings. The van der Waals surface area contributed by atoms with E-state index in [4.69, 9.17) is 4.74 Å². The minimum Gasteiger partial charge on any atom is -0.496 e. The van der Waals surface area contributed by atoms with E-state index in [0.717, 1.165) is 37.8 Å². The molecule has 1 N–H and O–H groups in total. The molecule has 1 heterocycles. The van der Waals surface area contributed by atoms with Gasteiger partial charge >= 0.3 is 5.69 Å². The molecule has 4 rings (SSSR count). The summed E-state index contributed by atoms with van der Waals surface area (Å²) in [7, 11) is 1.64. The number of rotatable bonds is 5. The van der Waals surface area contributed by atoms with Crippen LogP contribution in [0.25, 0.3) is 21.9 Å². The van der Waals surface area contributed by atoms with E-state index in [1.165, 1.54) is 12.3 Å². The number of nitrogens with zero attached hydrogens (tertiary/aromatic N) is 2. The van der Waals surface area contributed by atoms with E-state index in [0.29, 0.717) is 0 Å². The maximum Gasteiger partial charge on any atom is 0.311 e. The quantitative estimate of drug-likeness (QED) is 0.284. The van der Waals surface area contributed by atoms with Crippen LogP contribution >= 0.6 is 15.9 Å². The third kappa shape index (κ3) is 3.77. The number of hydrogen-bond donors (Lipinski definition) is 1. The van der Waals surface area contributed by atoms with Crippen LogP contribution in [0, 0.1) is 10.1 Å². The van der Waals surface area contributed by atoms with Gasteiger partial charge in [-0.05, 0) is 68.2 Å². The van der Waals surface area contributed by atoms with Crippen LogP contribution < -0.4 is 10.1 Å². The van der Waals surface area contributed by atoms with E-state index in [2.05, 4.69) is 32.3 Å². The molecule has 3 aromatic carbocycles. The molecule has 0 saturated carbocycles. The standard InChI is InChI=1S/C22H16BrN3O3/c1-29-20-10-8-16-12-15(7-9-18(16)21(20)23)14-4-2-5-17(13-14)25-22-19(26(27)28)6-3-11-24-22/h2-13H,1H3,(H,24,25). The molecule has 0 bridgehead atoms. The highest BCUT2D eigenvalue weighted by Gasteiger charge is 2.14. The van der Waals surface area contributed by atoms with E-state index in [9.17, 15) is 10.1 Å². The van der Waals surface area contributed by atoms with Gasteiger partial charge in [0.25, 0.3) is 0 Å². The second-order valence-corrected chi connectivity index (χ2v) is 7.14. The molecule has 0 atom stereocenters. The van der Waals surface area contributed by atoms with Crippen LogP contribution in [0.5, 0.6) is 5.75 Å². The zero-order valence-corrected chi connectivity index (χ0v) is 17.0. The number of pyridine rings is 1. The van der Waals surface area contributed by atoms with Gasteiger partial charge in [0.2, 0.25) is 5.82 Å². The molecule has 0 radical (unpaired) electrons. The van der Waals surface area contributed by atoms with Crippen molar-refractivity contribution in [2.24, 2.45) is 0 Å². The Morgan fingerprint density at radius 2 is 1.86 bits per heavy atom. The number of aromatic nitrogens is 1. The van der Waals surface area contributed by atoms with Crippen molar-refractivity contribution in [1.82, 2.24) is 4.98 Å². The topological polar surface area (TPSA) is 77.3 Å². The van der Waals surface area contributed by atoms with Crippen LogP contribution in [0.2, 0.25) is 0 Å². The van der Waals surface area contributed by atoms with Gasteiger partial charge < -0.3 is 10.1 Å². The van der Waals surface area contributed by atoms with Gasteiger partial charge in [0.05, 0.1) is 16.5 Å². The Morgan fingerprint density at radius 3 is 2.66 bits per heavy atom. The van der Waals surface area contributed by atoms with Crippen molar-refractivity contribution >= 4 is 43.9 Å². The molecule has 0 spiro atoms. The Morgan fingerprint density at radius 1 is 1.03 bits per heavy atom. The van der Waals surface area contributed by atoms with Crippen LogP contribution in [0.3, 0.4) is 0 Å². The SMILES string of the molecule is COc1ccc2cc(-c3cccc(Nc4ncccc4[N+](=O)[O-])c3)ccc2c1Br. The van der Waals surface area contributed by atoms with Gasteiger partial charge in [0.1, 0.15) is 5.75 Å². The Bertz CT molecular complexity index is 1230. The number of nitrogens with one attached hydrogen (secondary N) is 1. The summed E-state index contributed by atoms with van der Waals surface area (Å²) in [5.41, 5.74) is 2.68. The Kier molecular flexibility index (Phi) is 5.14. The van der Waals surface area contributed by atoms with Gasteiger partial charge in [0, 0.05) is 18.0 Å². The van der Waals surface area contributed by atoms with Gasteiger partial charge in [-0.25, -0.2) is 4.98 Å². The third-order valence-electron chi connectivity index (χ3n) is 4.58. The first kappa shape index (κ1) is 18.9. The van der Waals surface area contributed by atoms with Gasteiger partial charge in [-0.15, -0.1) is 0 Å². The number of anilines is 2. The number of fused-ring (bicyclic) bond motifs is 1. The van der Waals surface area contributed by atoms with Crippen molar-refractivity contribution in [3.63, 3.8) is 0 Å². The van der Waals surface area contributed by atoms with Crippen molar-refractivity contribution in [2.45, 2.75) is 0 Å². The lowest BCUT2D eigenvalue weighted by molar-refractivity contribution is -0.384. The Balaban J connectivity index is 1.70. The lowest BCUT2D eigenvalue weighted by atomic mass is 10.0. The van der Waals surface area contributed by atoms with E-state index in [-0.39, 0.29) is 11.5 Å².